The fourth-order valence-electron chi connectivity index (χ4n) is 2.85. The average Bonchev–Trinajstić information content (AvgIpc) is 2.85. The van der Waals surface area contributed by atoms with Gasteiger partial charge in [0.25, 0.3) is 0 Å². The lowest BCUT2D eigenvalue weighted by atomic mass is 9.96. The molecule has 4 N–H and O–H groups in total. The minimum atomic E-state index is -0.0482. The molecule has 6 nitrogen and oxygen atoms in total. The summed E-state index contributed by atoms with van der Waals surface area (Å²) in [5.41, 5.74) is 6.32. The summed E-state index contributed by atoms with van der Waals surface area (Å²) in [6.07, 6.45) is 8.60. The summed E-state index contributed by atoms with van der Waals surface area (Å²) in [4.78, 5) is 8.31. The summed E-state index contributed by atoms with van der Waals surface area (Å²) in [6, 6.07) is 0. The molecule has 0 aliphatic heterocycles. The fraction of sp³-hybridized carbons (Fsp3) is 0.625. The number of anilines is 1. The van der Waals surface area contributed by atoms with Gasteiger partial charge in [-0.3, -0.25) is 4.40 Å². The highest BCUT2D eigenvalue weighted by molar-refractivity contribution is 5.72. The second-order valence-electron chi connectivity index (χ2n) is 6.00. The predicted molar refractivity (Wildman–Crippen MR) is 86.8 cm³/mol. The van der Waals surface area contributed by atoms with E-state index in [0.717, 1.165) is 37.9 Å². The van der Waals surface area contributed by atoms with E-state index < -0.39 is 0 Å². The van der Waals surface area contributed by atoms with Gasteiger partial charge < -0.3 is 15.9 Å². The average molecular weight is 306 g/mol. The molecule has 0 fully saturated rings. The molecular formula is C16H26N4O2. The highest BCUT2D eigenvalue weighted by Crippen LogP contribution is 2.31. The van der Waals surface area contributed by atoms with Crippen LogP contribution >= 0.6 is 0 Å². The van der Waals surface area contributed by atoms with Gasteiger partial charge in [0.05, 0.1) is 0 Å². The van der Waals surface area contributed by atoms with Crippen LogP contribution in [0.3, 0.4) is 0 Å². The van der Waals surface area contributed by atoms with E-state index in [1.807, 2.05) is 4.40 Å². The summed E-state index contributed by atoms with van der Waals surface area (Å²) >= 11 is 0. The zero-order chi connectivity index (χ0) is 16.1. The van der Waals surface area contributed by atoms with E-state index in [0.29, 0.717) is 17.3 Å². The molecule has 0 bridgehead atoms. The number of aromatic hydroxyl groups is 1. The third-order valence-electron chi connectivity index (χ3n) is 4.26. The number of nitrogens with zero attached hydrogens (tertiary/aromatic N) is 3. The number of aromatic nitrogens is 3. The van der Waals surface area contributed by atoms with Crippen molar-refractivity contribution < 1.29 is 10.2 Å². The van der Waals surface area contributed by atoms with Crippen LogP contribution in [0.15, 0.2) is 12.4 Å². The van der Waals surface area contributed by atoms with Crippen molar-refractivity contribution in [3.05, 3.63) is 18.2 Å². The van der Waals surface area contributed by atoms with Crippen molar-refractivity contribution in [3.8, 4) is 5.88 Å². The number of fused-ring (bicyclic) bond motifs is 1. The molecule has 22 heavy (non-hydrogen) atoms. The Morgan fingerprint density at radius 1 is 1.32 bits per heavy atom. The molecule has 0 aliphatic carbocycles. The lowest BCUT2D eigenvalue weighted by Crippen LogP contribution is -2.06. The smallest absolute Gasteiger partial charge is 0.241 e. The van der Waals surface area contributed by atoms with Crippen molar-refractivity contribution in [1.29, 1.82) is 0 Å². The molecule has 0 amide bonds. The normalized spacial score (nSPS) is 14.3. The first-order chi connectivity index (χ1) is 10.6. The summed E-state index contributed by atoms with van der Waals surface area (Å²) in [7, 11) is 0. The second-order valence-corrected chi connectivity index (χ2v) is 6.00. The molecule has 2 unspecified atom stereocenters. The van der Waals surface area contributed by atoms with E-state index in [9.17, 15) is 5.11 Å². The number of nitrogens with two attached hydrogens (primary N) is 1. The maximum absolute atomic E-state index is 10.0. The van der Waals surface area contributed by atoms with E-state index in [-0.39, 0.29) is 18.4 Å². The van der Waals surface area contributed by atoms with Gasteiger partial charge in [-0.15, -0.1) is 0 Å². The molecule has 0 aromatic carbocycles. The highest BCUT2D eigenvalue weighted by Gasteiger charge is 2.20. The molecule has 2 aromatic rings. The monoisotopic (exact) mass is 306 g/mol. The van der Waals surface area contributed by atoms with Gasteiger partial charge in [0, 0.05) is 24.9 Å². The first-order valence-corrected chi connectivity index (χ1v) is 8.00. The van der Waals surface area contributed by atoms with Crippen LogP contribution in [0.1, 0.15) is 57.7 Å². The third kappa shape index (κ3) is 3.50. The van der Waals surface area contributed by atoms with Crippen molar-refractivity contribution in [2.24, 2.45) is 5.92 Å². The largest absolute Gasteiger partial charge is 0.492 e. The van der Waals surface area contributed by atoms with Gasteiger partial charge in [-0.2, -0.15) is 4.98 Å². The van der Waals surface area contributed by atoms with Crippen molar-refractivity contribution in [2.75, 3.05) is 12.3 Å². The van der Waals surface area contributed by atoms with Crippen molar-refractivity contribution in [2.45, 2.75) is 51.9 Å². The number of aliphatic hydroxyl groups is 1. The van der Waals surface area contributed by atoms with Gasteiger partial charge in [0.2, 0.25) is 5.88 Å². The molecule has 0 radical (unpaired) electrons. The minimum Gasteiger partial charge on any atom is -0.492 e. The molecule has 0 saturated carbocycles. The third-order valence-corrected chi connectivity index (χ3v) is 4.26. The number of aliphatic hydroxyl groups excluding tert-OH is 1. The lowest BCUT2D eigenvalue weighted by Gasteiger charge is -2.14. The molecule has 2 heterocycles. The van der Waals surface area contributed by atoms with Crippen LogP contribution in [0.25, 0.3) is 5.52 Å². The summed E-state index contributed by atoms with van der Waals surface area (Å²) in [5.74, 6) is 1.74. The second kappa shape index (κ2) is 7.45. The van der Waals surface area contributed by atoms with Crippen LogP contribution in [0, 0.1) is 5.92 Å². The number of nitrogen functional groups attached to an aromatic ring is 1. The van der Waals surface area contributed by atoms with Crippen LogP contribution in [0.4, 0.5) is 5.82 Å². The van der Waals surface area contributed by atoms with Crippen molar-refractivity contribution in [1.82, 2.24) is 14.4 Å². The molecule has 0 spiro atoms. The zero-order valence-corrected chi connectivity index (χ0v) is 13.4. The Labute approximate surface area is 131 Å². The number of imidazole rings is 1. The van der Waals surface area contributed by atoms with Crippen LogP contribution in [0.2, 0.25) is 0 Å². The van der Waals surface area contributed by atoms with E-state index in [1.54, 1.807) is 12.4 Å². The SMILES string of the molecule is CCC(CCCCC(C)CO)c1nc(O)c2c(N)nccn12. The Hall–Kier alpha value is -1.82. The number of hydrogen-bond acceptors (Lipinski definition) is 5. The van der Waals surface area contributed by atoms with Gasteiger partial charge in [0.15, 0.2) is 11.3 Å². The maximum atomic E-state index is 10.0. The van der Waals surface area contributed by atoms with Crippen LogP contribution in [0.5, 0.6) is 5.88 Å². The first kappa shape index (κ1) is 16.5. The molecule has 122 valence electrons. The quantitative estimate of drug-likeness (QED) is 0.652. The van der Waals surface area contributed by atoms with Gasteiger partial charge in [-0.1, -0.05) is 26.7 Å². The molecular weight excluding hydrogens is 280 g/mol. The van der Waals surface area contributed by atoms with E-state index in [1.165, 1.54) is 0 Å². The Kier molecular flexibility index (Phi) is 5.60. The van der Waals surface area contributed by atoms with Gasteiger partial charge in [0.1, 0.15) is 5.82 Å². The van der Waals surface area contributed by atoms with Gasteiger partial charge in [-0.25, -0.2) is 4.98 Å². The number of unbranched alkanes of at least 4 members (excludes halogenated alkanes) is 1. The van der Waals surface area contributed by atoms with Crippen LogP contribution in [-0.4, -0.2) is 31.2 Å². The maximum Gasteiger partial charge on any atom is 0.241 e. The zero-order valence-electron chi connectivity index (χ0n) is 13.4. The topological polar surface area (TPSA) is 96.7 Å². The Morgan fingerprint density at radius 2 is 2.05 bits per heavy atom. The summed E-state index contributed by atoms with van der Waals surface area (Å²) in [6.45, 7) is 4.44. The highest BCUT2D eigenvalue weighted by atomic mass is 16.3. The van der Waals surface area contributed by atoms with Gasteiger partial charge in [-0.05, 0) is 25.2 Å². The summed E-state index contributed by atoms with van der Waals surface area (Å²) < 4.78 is 1.85. The number of rotatable bonds is 8. The molecule has 0 saturated heterocycles. The summed E-state index contributed by atoms with van der Waals surface area (Å²) in [5, 5.41) is 19.1. The van der Waals surface area contributed by atoms with Crippen molar-refractivity contribution in [3.63, 3.8) is 0 Å². The van der Waals surface area contributed by atoms with Crippen LogP contribution < -0.4 is 5.73 Å². The fourth-order valence-corrected chi connectivity index (χ4v) is 2.85. The lowest BCUT2D eigenvalue weighted by molar-refractivity contribution is 0.227. The standard InChI is InChI=1S/C16H26N4O2/c1-3-12(7-5-4-6-11(2)10-21)15-19-16(22)13-14(17)18-8-9-20(13)15/h8-9,11-12,21-22H,3-7,10H2,1-2H3,(H2,17,18). The Morgan fingerprint density at radius 3 is 2.73 bits per heavy atom. The van der Waals surface area contributed by atoms with E-state index >= 15 is 0 Å². The van der Waals surface area contributed by atoms with Crippen LogP contribution in [-0.2, 0) is 0 Å². The van der Waals surface area contributed by atoms with Gasteiger partial charge >= 0.3 is 0 Å². The molecule has 2 aromatic heterocycles. The first-order valence-electron chi connectivity index (χ1n) is 8.00. The molecule has 6 heteroatoms. The minimum absolute atomic E-state index is 0.0482. The molecule has 2 atom stereocenters. The molecule has 0 aliphatic rings. The predicted octanol–water partition coefficient (Wildman–Crippen LogP) is 2.70. The van der Waals surface area contributed by atoms with Crippen molar-refractivity contribution >= 4 is 11.3 Å². The molecule has 2 rings (SSSR count). The van der Waals surface area contributed by atoms with E-state index in [2.05, 4.69) is 23.8 Å². The Balaban J connectivity index is 2.10. The van der Waals surface area contributed by atoms with E-state index in [4.69, 9.17) is 10.8 Å². The number of hydrogen-bond donors (Lipinski definition) is 3. The Bertz CT molecular complexity index is 611.